The second-order valence-electron chi connectivity index (χ2n) is 7.83. The van der Waals surface area contributed by atoms with Gasteiger partial charge in [-0.2, -0.15) is 4.31 Å². The van der Waals surface area contributed by atoms with Gasteiger partial charge in [-0.1, -0.05) is 0 Å². The molecule has 0 radical (unpaired) electrons. The largest absolute Gasteiger partial charge is 0.467 e. The molecule has 0 saturated carbocycles. The van der Waals surface area contributed by atoms with E-state index in [1.54, 1.807) is 12.1 Å². The Morgan fingerprint density at radius 3 is 2.44 bits per heavy atom. The van der Waals surface area contributed by atoms with Crippen molar-refractivity contribution in [3.05, 3.63) is 54.0 Å². The van der Waals surface area contributed by atoms with Crippen LogP contribution in [0.3, 0.4) is 0 Å². The van der Waals surface area contributed by atoms with Crippen LogP contribution < -0.4 is 10.9 Å². The normalized spacial score (nSPS) is 19.3. The second-order valence-corrected chi connectivity index (χ2v) is 9.77. The summed E-state index contributed by atoms with van der Waals surface area (Å²) in [6, 6.07) is 9.04. The van der Waals surface area contributed by atoms with Gasteiger partial charge in [0.15, 0.2) is 0 Å². The van der Waals surface area contributed by atoms with Crippen LogP contribution in [0.2, 0.25) is 0 Å². The molecule has 2 aliphatic heterocycles. The Kier molecular flexibility index (Phi) is 6.28. The highest BCUT2D eigenvalue weighted by Gasteiger charge is 2.35. The molecule has 170 valence electrons. The molecule has 2 aromatic rings. The number of benzene rings is 1. The molecular formula is C21H24N4O6S. The van der Waals surface area contributed by atoms with Crippen LogP contribution in [0.25, 0.3) is 0 Å². The van der Waals surface area contributed by atoms with Crippen molar-refractivity contribution in [3.63, 3.8) is 0 Å². The van der Waals surface area contributed by atoms with Crippen LogP contribution >= 0.6 is 0 Å². The molecule has 32 heavy (non-hydrogen) atoms. The Morgan fingerprint density at radius 2 is 1.78 bits per heavy atom. The first-order valence-electron chi connectivity index (χ1n) is 10.3. The van der Waals surface area contributed by atoms with Crippen molar-refractivity contribution in [2.45, 2.75) is 30.7 Å². The molecule has 1 aromatic carbocycles. The second kappa shape index (κ2) is 9.13. The number of hydrogen-bond donors (Lipinski definition) is 2. The van der Waals surface area contributed by atoms with Crippen molar-refractivity contribution in [2.24, 2.45) is 5.92 Å². The predicted molar refractivity (Wildman–Crippen MR) is 112 cm³/mol. The molecule has 11 heteroatoms. The molecule has 2 N–H and O–H groups in total. The number of likely N-dealkylation sites (tertiary alicyclic amines) is 1. The fourth-order valence-electron chi connectivity index (χ4n) is 3.84. The van der Waals surface area contributed by atoms with Crippen LogP contribution in [-0.2, 0) is 26.2 Å². The number of sulfonamides is 1. The van der Waals surface area contributed by atoms with Crippen LogP contribution in [-0.4, -0.2) is 55.0 Å². The van der Waals surface area contributed by atoms with Crippen molar-refractivity contribution < 1.29 is 27.2 Å². The molecule has 0 bridgehead atoms. The molecule has 0 spiro atoms. The molecule has 1 aromatic heterocycles. The van der Waals surface area contributed by atoms with E-state index in [2.05, 4.69) is 10.9 Å². The van der Waals surface area contributed by atoms with Crippen LogP contribution in [0.1, 0.15) is 35.4 Å². The Balaban J connectivity index is 1.30. The third kappa shape index (κ3) is 4.68. The van der Waals surface area contributed by atoms with Crippen LogP contribution in [0.15, 0.2) is 52.0 Å². The molecule has 1 unspecified atom stereocenters. The van der Waals surface area contributed by atoms with Gasteiger partial charge in [-0.3, -0.25) is 25.2 Å². The number of hydrogen-bond acceptors (Lipinski definition) is 6. The van der Waals surface area contributed by atoms with Crippen molar-refractivity contribution in [3.8, 4) is 0 Å². The number of furan rings is 1. The van der Waals surface area contributed by atoms with Crippen LogP contribution in [0, 0.1) is 5.92 Å². The molecule has 1 atom stereocenters. The molecule has 2 saturated heterocycles. The molecular weight excluding hydrogens is 436 g/mol. The van der Waals surface area contributed by atoms with E-state index in [4.69, 9.17) is 4.42 Å². The van der Waals surface area contributed by atoms with Gasteiger partial charge in [0.05, 0.1) is 23.6 Å². The summed E-state index contributed by atoms with van der Waals surface area (Å²) in [6.45, 7) is 1.51. The minimum atomic E-state index is -3.56. The lowest BCUT2D eigenvalue weighted by Gasteiger charge is -2.16. The monoisotopic (exact) mass is 460 g/mol. The minimum absolute atomic E-state index is 0.0471. The average Bonchev–Trinajstić information content (AvgIpc) is 3.55. The number of hydrazine groups is 1. The average molecular weight is 461 g/mol. The van der Waals surface area contributed by atoms with Gasteiger partial charge in [-0.25, -0.2) is 8.42 Å². The van der Waals surface area contributed by atoms with E-state index in [0.717, 1.165) is 12.8 Å². The van der Waals surface area contributed by atoms with Crippen LogP contribution in [0.4, 0.5) is 0 Å². The van der Waals surface area contributed by atoms with Gasteiger partial charge in [0.1, 0.15) is 5.76 Å². The number of carbonyl (C=O) groups is 3. The molecule has 2 aliphatic rings. The maximum absolute atomic E-state index is 12.6. The zero-order valence-electron chi connectivity index (χ0n) is 17.3. The number of nitrogens with zero attached hydrogens (tertiary/aromatic N) is 2. The molecule has 3 heterocycles. The number of rotatable bonds is 6. The first-order valence-corrected chi connectivity index (χ1v) is 11.8. The fraction of sp³-hybridized carbons (Fsp3) is 0.381. The molecule has 0 aliphatic carbocycles. The lowest BCUT2D eigenvalue weighted by Crippen LogP contribution is -2.45. The van der Waals surface area contributed by atoms with Gasteiger partial charge in [0, 0.05) is 31.6 Å². The van der Waals surface area contributed by atoms with Crippen molar-refractivity contribution in [2.75, 3.05) is 19.6 Å². The van der Waals surface area contributed by atoms with E-state index in [0.29, 0.717) is 18.8 Å². The lowest BCUT2D eigenvalue weighted by molar-refractivity contribution is -0.129. The highest BCUT2D eigenvalue weighted by atomic mass is 32.2. The zero-order chi connectivity index (χ0) is 22.7. The van der Waals surface area contributed by atoms with E-state index in [-0.39, 0.29) is 35.9 Å². The molecule has 10 nitrogen and oxygen atoms in total. The van der Waals surface area contributed by atoms with Crippen molar-refractivity contribution in [1.29, 1.82) is 0 Å². The summed E-state index contributed by atoms with van der Waals surface area (Å²) in [6.07, 6.45) is 3.24. The van der Waals surface area contributed by atoms with Crippen molar-refractivity contribution >= 4 is 27.7 Å². The maximum atomic E-state index is 12.6. The van der Waals surface area contributed by atoms with Gasteiger partial charge >= 0.3 is 0 Å². The summed E-state index contributed by atoms with van der Waals surface area (Å²) in [7, 11) is -3.56. The fourth-order valence-corrected chi connectivity index (χ4v) is 5.36. The smallest absolute Gasteiger partial charge is 0.269 e. The SMILES string of the molecule is O=C(NNC(=O)C1CC(=O)N(Cc2ccco2)C1)c1ccc(S(=O)(=O)N2CCCC2)cc1. The van der Waals surface area contributed by atoms with E-state index in [9.17, 15) is 22.8 Å². The quantitative estimate of drug-likeness (QED) is 0.616. The summed E-state index contributed by atoms with van der Waals surface area (Å²) >= 11 is 0. The molecule has 3 amide bonds. The van der Waals surface area contributed by atoms with E-state index in [1.807, 2.05) is 0 Å². The van der Waals surface area contributed by atoms with Gasteiger partial charge in [0.2, 0.25) is 21.8 Å². The van der Waals surface area contributed by atoms with E-state index < -0.39 is 27.8 Å². The summed E-state index contributed by atoms with van der Waals surface area (Å²) in [5.74, 6) is -1.18. The van der Waals surface area contributed by atoms with E-state index in [1.165, 1.54) is 39.7 Å². The number of carbonyl (C=O) groups excluding carboxylic acids is 3. The first kappa shape index (κ1) is 22.0. The Bertz CT molecular complexity index is 1090. The Labute approximate surface area is 185 Å². The van der Waals surface area contributed by atoms with Gasteiger partial charge in [-0.05, 0) is 49.2 Å². The van der Waals surface area contributed by atoms with Crippen molar-refractivity contribution in [1.82, 2.24) is 20.1 Å². The first-order chi connectivity index (χ1) is 15.3. The molecule has 4 rings (SSSR count). The highest BCUT2D eigenvalue weighted by molar-refractivity contribution is 7.89. The minimum Gasteiger partial charge on any atom is -0.467 e. The number of nitrogens with one attached hydrogen (secondary N) is 2. The third-order valence-electron chi connectivity index (χ3n) is 5.63. The highest BCUT2D eigenvalue weighted by Crippen LogP contribution is 2.22. The van der Waals surface area contributed by atoms with Gasteiger partial charge in [0.25, 0.3) is 5.91 Å². The standard InChI is InChI=1S/C21H24N4O6S/c26-19-12-16(13-24(19)14-17-4-3-11-31-17)21(28)23-22-20(27)15-5-7-18(8-6-15)32(29,30)25-9-1-2-10-25/h3-8,11,16H,1-2,9-10,12-14H2,(H,22,27)(H,23,28). The molecule has 2 fully saturated rings. The van der Waals surface area contributed by atoms with Gasteiger partial charge in [-0.15, -0.1) is 0 Å². The maximum Gasteiger partial charge on any atom is 0.269 e. The summed E-state index contributed by atoms with van der Waals surface area (Å²) in [5.41, 5.74) is 4.86. The van der Waals surface area contributed by atoms with E-state index >= 15 is 0 Å². The summed E-state index contributed by atoms with van der Waals surface area (Å²) < 4.78 is 31.8. The lowest BCUT2D eigenvalue weighted by atomic mass is 10.1. The topological polar surface area (TPSA) is 129 Å². The Morgan fingerprint density at radius 1 is 1.06 bits per heavy atom. The number of amides is 3. The Hall–Kier alpha value is -3.18. The third-order valence-corrected chi connectivity index (χ3v) is 7.54. The summed E-state index contributed by atoms with van der Waals surface area (Å²) in [4.78, 5) is 38.5. The van der Waals surface area contributed by atoms with Crippen LogP contribution in [0.5, 0.6) is 0 Å². The zero-order valence-corrected chi connectivity index (χ0v) is 18.1. The summed E-state index contributed by atoms with van der Waals surface area (Å²) in [5, 5.41) is 0. The van der Waals surface area contributed by atoms with Gasteiger partial charge < -0.3 is 9.32 Å². The predicted octanol–water partition coefficient (Wildman–Crippen LogP) is 0.874.